The third-order valence-corrected chi connectivity index (χ3v) is 2.77. The second kappa shape index (κ2) is 7.33. The maximum atomic E-state index is 11.7. The molecule has 6 nitrogen and oxygen atoms in total. The molecule has 1 fully saturated rings. The van der Waals surface area contributed by atoms with Crippen molar-refractivity contribution in [3.8, 4) is 0 Å². The van der Waals surface area contributed by atoms with Crippen molar-refractivity contribution in [2.24, 2.45) is 5.92 Å². The van der Waals surface area contributed by atoms with Gasteiger partial charge in [-0.1, -0.05) is 13.8 Å². The number of carbonyl (C=O) groups is 2. The Morgan fingerprint density at radius 3 is 2.72 bits per heavy atom. The molecule has 2 unspecified atom stereocenters. The normalized spacial score (nSPS) is 21.6. The first kappa shape index (κ1) is 14.9. The average Bonchev–Trinajstić information content (AvgIpc) is 2.28. The van der Waals surface area contributed by atoms with Gasteiger partial charge in [0.1, 0.15) is 6.04 Å². The molecule has 2 atom stereocenters. The van der Waals surface area contributed by atoms with Crippen LogP contribution in [-0.2, 0) is 14.3 Å². The predicted molar refractivity (Wildman–Crippen MR) is 66.2 cm³/mol. The topological polar surface area (TPSA) is 87.7 Å². The summed E-state index contributed by atoms with van der Waals surface area (Å²) in [7, 11) is 0. The Bertz CT molecular complexity index is 288. The minimum atomic E-state index is -0.982. The van der Waals surface area contributed by atoms with Gasteiger partial charge in [0.2, 0.25) is 5.91 Å². The minimum absolute atomic E-state index is 0.0211. The molecule has 1 amide bonds. The Morgan fingerprint density at radius 2 is 2.22 bits per heavy atom. The molecule has 0 aromatic rings. The molecule has 0 saturated carbocycles. The molecule has 1 aliphatic heterocycles. The Balaban J connectivity index is 2.37. The number of hydrogen-bond donors (Lipinski definition) is 3. The summed E-state index contributed by atoms with van der Waals surface area (Å²) < 4.78 is 5.24. The van der Waals surface area contributed by atoms with Crippen LogP contribution in [0.15, 0.2) is 0 Å². The zero-order valence-electron chi connectivity index (χ0n) is 10.9. The van der Waals surface area contributed by atoms with E-state index in [1.54, 1.807) is 0 Å². The Hall–Kier alpha value is -1.14. The SMILES string of the molecule is CC(C)CC(NC(=O)CC1COCCN1)C(=O)O. The number of carboxylic acid groups (broad SMARTS) is 1. The van der Waals surface area contributed by atoms with Gasteiger partial charge in [-0.3, -0.25) is 4.79 Å². The van der Waals surface area contributed by atoms with Crippen molar-refractivity contribution in [2.45, 2.75) is 38.8 Å². The molecule has 0 spiro atoms. The summed E-state index contributed by atoms with van der Waals surface area (Å²) in [6, 6.07) is -0.825. The number of ether oxygens (including phenoxy) is 1. The molecule has 0 aromatic heterocycles. The van der Waals surface area contributed by atoms with E-state index in [9.17, 15) is 9.59 Å². The van der Waals surface area contributed by atoms with Crippen LogP contribution in [0.25, 0.3) is 0 Å². The minimum Gasteiger partial charge on any atom is -0.480 e. The summed E-state index contributed by atoms with van der Waals surface area (Å²) in [5.74, 6) is -1.00. The first-order valence-corrected chi connectivity index (χ1v) is 6.32. The van der Waals surface area contributed by atoms with Crippen molar-refractivity contribution >= 4 is 11.9 Å². The molecule has 0 aliphatic carbocycles. The van der Waals surface area contributed by atoms with E-state index in [-0.39, 0.29) is 24.3 Å². The van der Waals surface area contributed by atoms with E-state index in [1.165, 1.54) is 0 Å². The number of aliphatic carboxylic acids is 1. The van der Waals surface area contributed by atoms with Gasteiger partial charge in [0.15, 0.2) is 0 Å². The monoisotopic (exact) mass is 258 g/mol. The molecule has 104 valence electrons. The average molecular weight is 258 g/mol. The van der Waals surface area contributed by atoms with Crippen LogP contribution in [0.3, 0.4) is 0 Å². The number of carbonyl (C=O) groups excluding carboxylic acids is 1. The lowest BCUT2D eigenvalue weighted by Crippen LogP contribution is -2.47. The van der Waals surface area contributed by atoms with Gasteiger partial charge < -0.3 is 20.5 Å². The molecular weight excluding hydrogens is 236 g/mol. The van der Waals surface area contributed by atoms with Crippen LogP contribution in [0.2, 0.25) is 0 Å². The van der Waals surface area contributed by atoms with Gasteiger partial charge in [-0.05, 0) is 12.3 Å². The Labute approximate surface area is 107 Å². The van der Waals surface area contributed by atoms with Crippen molar-refractivity contribution in [3.05, 3.63) is 0 Å². The third-order valence-electron chi connectivity index (χ3n) is 2.77. The molecule has 3 N–H and O–H groups in total. The van der Waals surface area contributed by atoms with Crippen molar-refractivity contribution < 1.29 is 19.4 Å². The van der Waals surface area contributed by atoms with Crippen LogP contribution < -0.4 is 10.6 Å². The van der Waals surface area contributed by atoms with Gasteiger partial charge in [0.05, 0.1) is 13.2 Å². The zero-order valence-corrected chi connectivity index (χ0v) is 10.9. The maximum Gasteiger partial charge on any atom is 0.326 e. The van der Waals surface area contributed by atoms with Gasteiger partial charge in [0, 0.05) is 19.0 Å². The highest BCUT2D eigenvalue weighted by molar-refractivity contribution is 5.83. The molecule has 1 heterocycles. The number of hydrogen-bond acceptors (Lipinski definition) is 4. The quantitative estimate of drug-likeness (QED) is 0.623. The van der Waals surface area contributed by atoms with Crippen LogP contribution in [-0.4, -0.2) is 48.8 Å². The van der Waals surface area contributed by atoms with Crippen LogP contribution in [0, 0.1) is 5.92 Å². The van der Waals surface area contributed by atoms with E-state index in [0.29, 0.717) is 19.6 Å². The fourth-order valence-corrected chi connectivity index (χ4v) is 1.92. The van der Waals surface area contributed by atoms with E-state index in [0.717, 1.165) is 6.54 Å². The molecule has 1 rings (SSSR count). The highest BCUT2D eigenvalue weighted by Gasteiger charge is 2.23. The highest BCUT2D eigenvalue weighted by atomic mass is 16.5. The second-order valence-electron chi connectivity index (χ2n) is 5.02. The van der Waals surface area contributed by atoms with E-state index < -0.39 is 12.0 Å². The van der Waals surface area contributed by atoms with Crippen molar-refractivity contribution in [1.82, 2.24) is 10.6 Å². The van der Waals surface area contributed by atoms with Crippen LogP contribution in [0.4, 0.5) is 0 Å². The lowest BCUT2D eigenvalue weighted by molar-refractivity contribution is -0.142. The van der Waals surface area contributed by atoms with E-state index >= 15 is 0 Å². The largest absolute Gasteiger partial charge is 0.480 e. The van der Waals surface area contributed by atoms with Crippen LogP contribution in [0.5, 0.6) is 0 Å². The van der Waals surface area contributed by atoms with Crippen molar-refractivity contribution in [1.29, 1.82) is 0 Å². The zero-order chi connectivity index (χ0) is 13.5. The van der Waals surface area contributed by atoms with Gasteiger partial charge >= 0.3 is 5.97 Å². The van der Waals surface area contributed by atoms with E-state index in [1.807, 2.05) is 13.8 Å². The molecule has 1 aliphatic rings. The van der Waals surface area contributed by atoms with Crippen LogP contribution in [0.1, 0.15) is 26.7 Å². The Morgan fingerprint density at radius 1 is 1.50 bits per heavy atom. The number of carboxylic acids is 1. The summed E-state index contributed by atoms with van der Waals surface area (Å²) in [5, 5.41) is 14.7. The van der Waals surface area contributed by atoms with Gasteiger partial charge in [-0.25, -0.2) is 4.79 Å². The summed E-state index contributed by atoms with van der Waals surface area (Å²) in [4.78, 5) is 22.7. The lowest BCUT2D eigenvalue weighted by Gasteiger charge is -2.24. The Kier molecular flexibility index (Phi) is 6.07. The maximum absolute atomic E-state index is 11.7. The highest BCUT2D eigenvalue weighted by Crippen LogP contribution is 2.06. The smallest absolute Gasteiger partial charge is 0.326 e. The first-order valence-electron chi connectivity index (χ1n) is 6.32. The van der Waals surface area contributed by atoms with E-state index in [2.05, 4.69) is 10.6 Å². The molecule has 18 heavy (non-hydrogen) atoms. The summed E-state index contributed by atoms with van der Waals surface area (Å²) >= 11 is 0. The standard InChI is InChI=1S/C12H22N2O4/c1-8(2)5-10(12(16)17)14-11(15)6-9-7-18-4-3-13-9/h8-10,13H,3-7H2,1-2H3,(H,14,15)(H,16,17). The van der Waals surface area contributed by atoms with E-state index in [4.69, 9.17) is 9.84 Å². The number of nitrogens with one attached hydrogen (secondary N) is 2. The number of rotatable bonds is 6. The van der Waals surface area contributed by atoms with Gasteiger partial charge in [0.25, 0.3) is 0 Å². The third kappa shape index (κ3) is 5.46. The van der Waals surface area contributed by atoms with Gasteiger partial charge in [-0.2, -0.15) is 0 Å². The lowest BCUT2D eigenvalue weighted by atomic mass is 10.0. The number of morpholine rings is 1. The van der Waals surface area contributed by atoms with Crippen LogP contribution >= 0.6 is 0 Å². The summed E-state index contributed by atoms with van der Waals surface area (Å²) in [6.45, 7) is 5.74. The predicted octanol–water partition coefficient (Wildman–Crippen LogP) is -0.0196. The molecule has 0 aromatic carbocycles. The molecule has 1 saturated heterocycles. The first-order chi connectivity index (χ1) is 8.49. The summed E-state index contributed by atoms with van der Waals surface area (Å²) in [5.41, 5.74) is 0. The fourth-order valence-electron chi connectivity index (χ4n) is 1.92. The van der Waals surface area contributed by atoms with Crippen molar-refractivity contribution in [3.63, 3.8) is 0 Å². The molecule has 0 bridgehead atoms. The van der Waals surface area contributed by atoms with Gasteiger partial charge in [-0.15, -0.1) is 0 Å². The molecule has 0 radical (unpaired) electrons. The second-order valence-corrected chi connectivity index (χ2v) is 5.02. The van der Waals surface area contributed by atoms with Crippen molar-refractivity contribution in [2.75, 3.05) is 19.8 Å². The molecular formula is C12H22N2O4. The molecule has 6 heteroatoms. The fraction of sp³-hybridized carbons (Fsp3) is 0.833. The number of amides is 1. The summed E-state index contributed by atoms with van der Waals surface area (Å²) in [6.07, 6.45) is 0.692.